The topological polar surface area (TPSA) is 84.0 Å². The quantitative estimate of drug-likeness (QED) is 0.511. The molecular formula is C19H18N4O2S3. The van der Waals surface area contributed by atoms with Gasteiger partial charge in [0.15, 0.2) is 8.68 Å². The fourth-order valence-electron chi connectivity index (χ4n) is 2.20. The number of amides is 2. The van der Waals surface area contributed by atoms with Crippen molar-refractivity contribution in [2.45, 2.75) is 21.4 Å². The van der Waals surface area contributed by atoms with Crippen LogP contribution in [0.25, 0.3) is 0 Å². The Morgan fingerprint density at radius 3 is 2.14 bits per heavy atom. The summed E-state index contributed by atoms with van der Waals surface area (Å²) in [6.07, 6.45) is 0. The molecule has 3 aromatic rings. The number of carbonyl (C=O) groups excluding carboxylic acids is 2. The summed E-state index contributed by atoms with van der Waals surface area (Å²) in [6.45, 7) is 1.45. The molecule has 2 amide bonds. The molecule has 0 saturated heterocycles. The number of carbonyl (C=O) groups is 2. The Morgan fingerprint density at radius 2 is 1.50 bits per heavy atom. The van der Waals surface area contributed by atoms with Gasteiger partial charge in [-0.2, -0.15) is 0 Å². The van der Waals surface area contributed by atoms with Crippen LogP contribution < -0.4 is 10.6 Å². The lowest BCUT2D eigenvalue weighted by molar-refractivity contribution is -0.114. The molecule has 2 aromatic carbocycles. The molecule has 144 valence electrons. The molecule has 0 fully saturated rings. The van der Waals surface area contributed by atoms with E-state index in [1.54, 1.807) is 36.0 Å². The lowest BCUT2D eigenvalue weighted by atomic mass is 10.2. The third kappa shape index (κ3) is 6.66. The standard InChI is InChI=1S/C19H18N4O2S3/c1-13(24)20-15-7-9-16(10-8-15)21-17(25)12-27-19-23-22-18(28-19)26-11-14-5-3-2-4-6-14/h2-10H,11-12H2,1H3,(H,20,24)(H,21,25). The van der Waals surface area contributed by atoms with Gasteiger partial charge in [-0.3, -0.25) is 9.59 Å². The van der Waals surface area contributed by atoms with E-state index in [4.69, 9.17) is 0 Å². The van der Waals surface area contributed by atoms with Crippen molar-refractivity contribution in [3.05, 3.63) is 60.2 Å². The molecule has 0 bridgehead atoms. The molecule has 28 heavy (non-hydrogen) atoms. The second kappa shape index (κ2) is 10.3. The Kier molecular flexibility index (Phi) is 7.46. The number of hydrogen-bond donors (Lipinski definition) is 2. The lowest BCUT2D eigenvalue weighted by Gasteiger charge is -2.06. The summed E-state index contributed by atoms with van der Waals surface area (Å²) in [5, 5.41) is 13.8. The maximum atomic E-state index is 12.1. The second-order valence-corrected chi connectivity index (χ2v) is 9.13. The zero-order chi connectivity index (χ0) is 19.8. The average Bonchev–Trinajstić information content (AvgIpc) is 3.15. The van der Waals surface area contributed by atoms with Crippen molar-refractivity contribution in [1.82, 2.24) is 10.2 Å². The van der Waals surface area contributed by atoms with Crippen LogP contribution in [0.15, 0.2) is 63.3 Å². The van der Waals surface area contributed by atoms with Crippen molar-refractivity contribution in [2.24, 2.45) is 0 Å². The molecule has 0 atom stereocenters. The summed E-state index contributed by atoms with van der Waals surface area (Å²) in [7, 11) is 0. The lowest BCUT2D eigenvalue weighted by Crippen LogP contribution is -2.14. The van der Waals surface area contributed by atoms with Gasteiger partial charge in [-0.1, -0.05) is 65.2 Å². The van der Waals surface area contributed by atoms with E-state index in [1.165, 1.54) is 35.6 Å². The largest absolute Gasteiger partial charge is 0.326 e. The van der Waals surface area contributed by atoms with E-state index in [9.17, 15) is 9.59 Å². The zero-order valence-corrected chi connectivity index (χ0v) is 17.5. The minimum absolute atomic E-state index is 0.119. The van der Waals surface area contributed by atoms with Crippen molar-refractivity contribution in [1.29, 1.82) is 0 Å². The van der Waals surface area contributed by atoms with Crippen LogP contribution in [0.4, 0.5) is 11.4 Å². The van der Waals surface area contributed by atoms with E-state index in [-0.39, 0.29) is 17.6 Å². The first-order valence-electron chi connectivity index (χ1n) is 8.39. The summed E-state index contributed by atoms with van der Waals surface area (Å²) < 4.78 is 1.66. The van der Waals surface area contributed by atoms with Crippen molar-refractivity contribution >= 4 is 58.0 Å². The first-order chi connectivity index (χ1) is 13.6. The van der Waals surface area contributed by atoms with Gasteiger partial charge in [0.1, 0.15) is 0 Å². The van der Waals surface area contributed by atoms with Crippen LogP contribution in [0.1, 0.15) is 12.5 Å². The van der Waals surface area contributed by atoms with Gasteiger partial charge >= 0.3 is 0 Å². The van der Waals surface area contributed by atoms with Gasteiger partial charge in [-0.05, 0) is 29.8 Å². The van der Waals surface area contributed by atoms with E-state index in [0.29, 0.717) is 11.4 Å². The van der Waals surface area contributed by atoms with Gasteiger partial charge in [-0.15, -0.1) is 10.2 Å². The van der Waals surface area contributed by atoms with Gasteiger partial charge < -0.3 is 10.6 Å². The van der Waals surface area contributed by atoms with Crippen LogP contribution in [0.5, 0.6) is 0 Å². The molecule has 6 nitrogen and oxygen atoms in total. The summed E-state index contributed by atoms with van der Waals surface area (Å²) in [5.41, 5.74) is 2.60. The fraction of sp³-hybridized carbons (Fsp3) is 0.158. The second-order valence-electron chi connectivity index (χ2n) is 5.70. The van der Waals surface area contributed by atoms with E-state index in [0.717, 1.165) is 14.4 Å². The Hall–Kier alpha value is -2.36. The number of benzene rings is 2. The SMILES string of the molecule is CC(=O)Nc1ccc(NC(=O)CSc2nnc(SCc3ccccc3)s2)cc1. The molecule has 0 spiro atoms. The summed E-state index contributed by atoms with van der Waals surface area (Å²) >= 11 is 4.49. The highest BCUT2D eigenvalue weighted by Gasteiger charge is 2.09. The molecule has 1 heterocycles. The number of hydrogen-bond acceptors (Lipinski definition) is 7. The predicted molar refractivity (Wildman–Crippen MR) is 116 cm³/mol. The third-order valence-corrected chi connectivity index (χ3v) is 6.67. The number of anilines is 2. The van der Waals surface area contributed by atoms with E-state index in [2.05, 4.69) is 33.0 Å². The molecule has 0 unspecified atom stereocenters. The van der Waals surface area contributed by atoms with Crippen LogP contribution in [-0.4, -0.2) is 27.8 Å². The van der Waals surface area contributed by atoms with Gasteiger partial charge in [0, 0.05) is 24.1 Å². The number of rotatable bonds is 8. The Bertz CT molecular complexity index is 930. The fourth-order valence-corrected chi connectivity index (χ4v) is 4.97. The molecule has 0 saturated carbocycles. The van der Waals surface area contributed by atoms with Gasteiger partial charge in [0.25, 0.3) is 0 Å². The van der Waals surface area contributed by atoms with Crippen LogP contribution in [0, 0.1) is 0 Å². The van der Waals surface area contributed by atoms with Crippen molar-refractivity contribution < 1.29 is 9.59 Å². The molecule has 0 radical (unpaired) electrons. The Labute approximate surface area is 175 Å². The van der Waals surface area contributed by atoms with Crippen LogP contribution in [-0.2, 0) is 15.3 Å². The van der Waals surface area contributed by atoms with Crippen molar-refractivity contribution in [2.75, 3.05) is 16.4 Å². The monoisotopic (exact) mass is 430 g/mol. The summed E-state index contributed by atoms with van der Waals surface area (Å²) in [4.78, 5) is 23.1. The normalized spacial score (nSPS) is 10.5. The highest BCUT2D eigenvalue weighted by atomic mass is 32.2. The van der Waals surface area contributed by atoms with Gasteiger partial charge in [-0.25, -0.2) is 0 Å². The number of aromatic nitrogens is 2. The van der Waals surface area contributed by atoms with Gasteiger partial charge in [0.05, 0.1) is 5.75 Å². The average molecular weight is 431 g/mol. The minimum Gasteiger partial charge on any atom is -0.326 e. The number of nitrogens with one attached hydrogen (secondary N) is 2. The van der Waals surface area contributed by atoms with Crippen molar-refractivity contribution in [3.63, 3.8) is 0 Å². The Balaban J connectivity index is 1.43. The molecule has 0 aliphatic carbocycles. The van der Waals surface area contributed by atoms with Crippen LogP contribution in [0.2, 0.25) is 0 Å². The molecule has 0 aliphatic heterocycles. The molecule has 9 heteroatoms. The first-order valence-corrected chi connectivity index (χ1v) is 11.2. The molecule has 1 aromatic heterocycles. The first kappa shape index (κ1) is 20.4. The maximum absolute atomic E-state index is 12.1. The molecule has 2 N–H and O–H groups in total. The molecule has 3 rings (SSSR count). The highest BCUT2D eigenvalue weighted by Crippen LogP contribution is 2.30. The van der Waals surface area contributed by atoms with Crippen LogP contribution in [0.3, 0.4) is 0 Å². The number of nitrogens with zero attached hydrogens (tertiary/aromatic N) is 2. The van der Waals surface area contributed by atoms with E-state index in [1.807, 2.05) is 18.2 Å². The molecular weight excluding hydrogens is 412 g/mol. The predicted octanol–water partition coefficient (Wildman–Crippen LogP) is 4.52. The molecule has 0 aliphatic rings. The minimum atomic E-state index is -0.133. The van der Waals surface area contributed by atoms with E-state index >= 15 is 0 Å². The van der Waals surface area contributed by atoms with Crippen molar-refractivity contribution in [3.8, 4) is 0 Å². The smallest absolute Gasteiger partial charge is 0.234 e. The third-order valence-electron chi connectivity index (χ3n) is 3.41. The van der Waals surface area contributed by atoms with Crippen LogP contribution >= 0.6 is 34.9 Å². The summed E-state index contributed by atoms with van der Waals surface area (Å²) in [5.74, 6) is 0.845. The zero-order valence-electron chi connectivity index (χ0n) is 15.0. The maximum Gasteiger partial charge on any atom is 0.234 e. The Morgan fingerprint density at radius 1 is 0.893 bits per heavy atom. The van der Waals surface area contributed by atoms with Gasteiger partial charge in [0.2, 0.25) is 11.8 Å². The highest BCUT2D eigenvalue weighted by molar-refractivity contribution is 8.03. The van der Waals surface area contributed by atoms with E-state index < -0.39 is 0 Å². The summed E-state index contributed by atoms with van der Waals surface area (Å²) in [6, 6.07) is 17.2. The number of thioether (sulfide) groups is 2.